The van der Waals surface area contributed by atoms with Crippen molar-refractivity contribution in [3.8, 4) is 0 Å². The van der Waals surface area contributed by atoms with E-state index in [2.05, 4.69) is 21.2 Å². The van der Waals surface area contributed by atoms with Gasteiger partial charge in [0.1, 0.15) is 5.82 Å². The minimum atomic E-state index is -0.580. The van der Waals surface area contributed by atoms with Crippen molar-refractivity contribution in [2.75, 3.05) is 5.32 Å². The summed E-state index contributed by atoms with van der Waals surface area (Å²) >= 11 is 3.12. The van der Waals surface area contributed by atoms with Crippen molar-refractivity contribution in [3.63, 3.8) is 0 Å². The molecule has 6 heteroatoms. The van der Waals surface area contributed by atoms with Gasteiger partial charge < -0.3 is 11.1 Å². The zero-order valence-corrected chi connectivity index (χ0v) is 11.8. The molecule has 0 heterocycles. The second-order valence-corrected chi connectivity index (χ2v) is 4.88. The summed E-state index contributed by atoms with van der Waals surface area (Å²) in [6.07, 6.45) is 0. The SMILES string of the molecule is NC(=O)c1cccc(NC(=O)c2ccc(F)cc2Br)c1. The molecule has 102 valence electrons. The number of hydrogen-bond donors (Lipinski definition) is 2. The lowest BCUT2D eigenvalue weighted by atomic mass is 10.1. The molecule has 3 N–H and O–H groups in total. The molecule has 0 aliphatic carbocycles. The van der Waals surface area contributed by atoms with E-state index in [1.807, 2.05) is 0 Å². The van der Waals surface area contributed by atoms with Crippen molar-refractivity contribution < 1.29 is 14.0 Å². The van der Waals surface area contributed by atoms with E-state index >= 15 is 0 Å². The van der Waals surface area contributed by atoms with Gasteiger partial charge in [-0.25, -0.2) is 4.39 Å². The van der Waals surface area contributed by atoms with E-state index in [9.17, 15) is 14.0 Å². The number of benzene rings is 2. The third-order valence-corrected chi connectivity index (χ3v) is 3.24. The number of nitrogens with one attached hydrogen (secondary N) is 1. The lowest BCUT2D eigenvalue weighted by Crippen LogP contribution is -2.14. The third-order valence-electron chi connectivity index (χ3n) is 2.58. The first-order chi connectivity index (χ1) is 9.47. The second-order valence-electron chi connectivity index (χ2n) is 4.02. The van der Waals surface area contributed by atoms with Crippen molar-refractivity contribution in [2.45, 2.75) is 0 Å². The largest absolute Gasteiger partial charge is 0.366 e. The summed E-state index contributed by atoms with van der Waals surface area (Å²) in [5, 5.41) is 2.61. The number of hydrogen-bond acceptors (Lipinski definition) is 2. The Morgan fingerprint density at radius 2 is 1.90 bits per heavy atom. The fourth-order valence-corrected chi connectivity index (χ4v) is 2.15. The highest BCUT2D eigenvalue weighted by Gasteiger charge is 2.11. The summed E-state index contributed by atoms with van der Waals surface area (Å²) in [4.78, 5) is 23.1. The first-order valence-electron chi connectivity index (χ1n) is 5.63. The highest BCUT2D eigenvalue weighted by Crippen LogP contribution is 2.20. The average molecular weight is 337 g/mol. The first-order valence-corrected chi connectivity index (χ1v) is 6.43. The molecule has 0 aliphatic rings. The maximum Gasteiger partial charge on any atom is 0.256 e. The van der Waals surface area contributed by atoms with Crippen molar-refractivity contribution in [1.29, 1.82) is 0 Å². The maximum absolute atomic E-state index is 13.0. The predicted octanol–water partition coefficient (Wildman–Crippen LogP) is 2.94. The van der Waals surface area contributed by atoms with Crippen LogP contribution in [0.1, 0.15) is 20.7 Å². The van der Waals surface area contributed by atoms with Crippen LogP contribution in [0.2, 0.25) is 0 Å². The molecule has 0 unspecified atom stereocenters. The van der Waals surface area contributed by atoms with Gasteiger partial charge in [-0.2, -0.15) is 0 Å². The molecule has 0 aromatic heterocycles. The molecule has 0 bridgehead atoms. The van der Waals surface area contributed by atoms with Crippen LogP contribution in [-0.2, 0) is 0 Å². The number of anilines is 1. The van der Waals surface area contributed by atoms with E-state index in [-0.39, 0.29) is 5.56 Å². The Labute approximate surface area is 122 Å². The fourth-order valence-electron chi connectivity index (χ4n) is 1.62. The number of nitrogens with two attached hydrogens (primary N) is 1. The summed E-state index contributed by atoms with van der Waals surface area (Å²) in [6, 6.07) is 10.0. The molecule has 20 heavy (non-hydrogen) atoms. The monoisotopic (exact) mass is 336 g/mol. The first kappa shape index (κ1) is 14.2. The lowest BCUT2D eigenvalue weighted by molar-refractivity contribution is 0.0996. The molecule has 2 aromatic rings. The number of carbonyl (C=O) groups excluding carboxylic acids is 2. The van der Waals surface area contributed by atoms with Crippen LogP contribution < -0.4 is 11.1 Å². The van der Waals surface area contributed by atoms with Crippen LogP contribution in [0.5, 0.6) is 0 Å². The summed E-state index contributed by atoms with van der Waals surface area (Å²) < 4.78 is 13.3. The number of amides is 2. The van der Waals surface area contributed by atoms with Crippen LogP contribution in [0.4, 0.5) is 10.1 Å². The zero-order chi connectivity index (χ0) is 14.7. The van der Waals surface area contributed by atoms with Gasteiger partial charge in [-0.05, 0) is 52.3 Å². The topological polar surface area (TPSA) is 72.2 Å². The van der Waals surface area contributed by atoms with Gasteiger partial charge in [-0.1, -0.05) is 6.07 Å². The maximum atomic E-state index is 13.0. The fraction of sp³-hybridized carbons (Fsp3) is 0. The Bertz CT molecular complexity index is 689. The minimum Gasteiger partial charge on any atom is -0.366 e. The summed E-state index contributed by atoms with van der Waals surface area (Å²) in [7, 11) is 0. The second kappa shape index (κ2) is 5.83. The van der Waals surface area contributed by atoms with Gasteiger partial charge in [0.2, 0.25) is 5.91 Å². The molecule has 0 radical (unpaired) electrons. The van der Waals surface area contributed by atoms with Gasteiger partial charge in [-0.3, -0.25) is 9.59 Å². The van der Waals surface area contributed by atoms with E-state index in [0.717, 1.165) is 0 Å². The Hall–Kier alpha value is -2.21. The highest BCUT2D eigenvalue weighted by atomic mass is 79.9. The quantitative estimate of drug-likeness (QED) is 0.904. The molecule has 0 saturated carbocycles. The lowest BCUT2D eigenvalue weighted by Gasteiger charge is -2.07. The Balaban J connectivity index is 2.23. The van der Waals surface area contributed by atoms with Crippen molar-refractivity contribution in [3.05, 3.63) is 63.9 Å². The third kappa shape index (κ3) is 3.21. The van der Waals surface area contributed by atoms with Gasteiger partial charge in [0.25, 0.3) is 5.91 Å². The molecule has 0 fully saturated rings. The molecule has 2 rings (SSSR count). The molecule has 4 nitrogen and oxygen atoms in total. The molecule has 0 atom stereocenters. The van der Waals surface area contributed by atoms with E-state index in [1.165, 1.54) is 24.3 Å². The summed E-state index contributed by atoms with van der Waals surface area (Å²) in [6.45, 7) is 0. The van der Waals surface area contributed by atoms with E-state index in [0.29, 0.717) is 15.7 Å². The number of carbonyl (C=O) groups is 2. The predicted molar refractivity (Wildman–Crippen MR) is 77.0 cm³/mol. The Morgan fingerprint density at radius 3 is 2.55 bits per heavy atom. The van der Waals surface area contributed by atoms with Crippen LogP contribution in [0.25, 0.3) is 0 Å². The molecule has 0 aliphatic heterocycles. The van der Waals surface area contributed by atoms with E-state index in [1.54, 1.807) is 18.2 Å². The standard InChI is InChI=1S/C14H10BrFN2O2/c15-12-7-9(16)4-5-11(12)14(20)18-10-3-1-2-8(6-10)13(17)19/h1-7H,(H2,17,19)(H,18,20). The number of primary amides is 1. The van der Waals surface area contributed by atoms with Crippen LogP contribution in [0, 0.1) is 5.82 Å². The van der Waals surface area contributed by atoms with E-state index < -0.39 is 17.6 Å². The Morgan fingerprint density at radius 1 is 1.15 bits per heavy atom. The van der Waals surface area contributed by atoms with Crippen molar-refractivity contribution in [1.82, 2.24) is 0 Å². The molecule has 0 spiro atoms. The summed E-state index contributed by atoms with van der Waals surface area (Å²) in [5.74, 6) is -1.44. The van der Waals surface area contributed by atoms with Gasteiger partial charge in [-0.15, -0.1) is 0 Å². The highest BCUT2D eigenvalue weighted by molar-refractivity contribution is 9.10. The zero-order valence-electron chi connectivity index (χ0n) is 10.2. The minimum absolute atomic E-state index is 0.288. The Kier molecular flexibility index (Phi) is 4.14. The van der Waals surface area contributed by atoms with Crippen molar-refractivity contribution >= 4 is 33.4 Å². The molecular weight excluding hydrogens is 327 g/mol. The molecule has 2 amide bonds. The van der Waals surface area contributed by atoms with Gasteiger partial charge in [0, 0.05) is 15.7 Å². The van der Waals surface area contributed by atoms with Crippen LogP contribution >= 0.6 is 15.9 Å². The van der Waals surface area contributed by atoms with Crippen molar-refractivity contribution in [2.24, 2.45) is 5.73 Å². The van der Waals surface area contributed by atoms with Crippen LogP contribution in [-0.4, -0.2) is 11.8 Å². The molecule has 2 aromatic carbocycles. The van der Waals surface area contributed by atoms with Crippen LogP contribution in [0.15, 0.2) is 46.9 Å². The summed E-state index contributed by atoms with van der Waals surface area (Å²) in [5.41, 5.74) is 6.18. The van der Waals surface area contributed by atoms with Gasteiger partial charge in [0.05, 0.1) is 5.56 Å². The van der Waals surface area contributed by atoms with E-state index in [4.69, 9.17) is 5.73 Å². The van der Waals surface area contributed by atoms with Crippen LogP contribution in [0.3, 0.4) is 0 Å². The van der Waals surface area contributed by atoms with Gasteiger partial charge >= 0.3 is 0 Å². The number of halogens is 2. The van der Waals surface area contributed by atoms with Gasteiger partial charge in [0.15, 0.2) is 0 Å². The molecule has 0 saturated heterocycles. The average Bonchev–Trinajstić information content (AvgIpc) is 2.38. The molecular formula is C14H10BrFN2O2. The smallest absolute Gasteiger partial charge is 0.256 e. The normalized spacial score (nSPS) is 10.1. The number of rotatable bonds is 3.